The SMILES string of the molecule is CCCCCCCCCCCCCCCCn1cc[n+](CCCNS(=O)(=O)c2cccc3c(N(C)C)cccc23)c1. The second-order valence-corrected chi connectivity index (χ2v) is 13.5. The van der Waals surface area contributed by atoms with E-state index < -0.39 is 10.0 Å². The lowest BCUT2D eigenvalue weighted by Gasteiger charge is -2.17. The maximum Gasteiger partial charge on any atom is 0.243 e. The van der Waals surface area contributed by atoms with Gasteiger partial charge in [-0.15, -0.1) is 0 Å². The number of aromatic nitrogens is 2. The molecule has 0 saturated carbocycles. The highest BCUT2D eigenvalue weighted by Crippen LogP contribution is 2.30. The molecule has 1 heterocycles. The van der Waals surface area contributed by atoms with Crippen LogP contribution in [0, 0.1) is 0 Å². The molecule has 3 aromatic rings. The van der Waals surface area contributed by atoms with Crippen molar-refractivity contribution in [2.75, 3.05) is 25.5 Å². The predicted molar refractivity (Wildman–Crippen MR) is 173 cm³/mol. The van der Waals surface area contributed by atoms with Crippen LogP contribution in [0.4, 0.5) is 5.69 Å². The highest BCUT2D eigenvalue weighted by molar-refractivity contribution is 7.89. The highest BCUT2D eigenvalue weighted by atomic mass is 32.2. The van der Waals surface area contributed by atoms with Gasteiger partial charge in [-0.1, -0.05) is 108 Å². The third-order valence-electron chi connectivity index (χ3n) is 8.03. The number of hydrogen-bond donors (Lipinski definition) is 1. The molecule has 7 heteroatoms. The molecule has 6 nitrogen and oxygen atoms in total. The summed E-state index contributed by atoms with van der Waals surface area (Å²) in [6, 6.07) is 11.3. The van der Waals surface area contributed by atoms with Crippen molar-refractivity contribution >= 4 is 26.5 Å². The second-order valence-electron chi connectivity index (χ2n) is 11.8. The second kappa shape index (κ2) is 18.2. The normalized spacial score (nSPS) is 11.9. The van der Waals surface area contributed by atoms with Gasteiger partial charge in [0.05, 0.1) is 18.0 Å². The van der Waals surface area contributed by atoms with Crippen molar-refractivity contribution in [1.29, 1.82) is 0 Å². The minimum absolute atomic E-state index is 0.339. The first-order valence-electron chi connectivity index (χ1n) is 16.2. The number of hydrogen-bond acceptors (Lipinski definition) is 3. The summed E-state index contributed by atoms with van der Waals surface area (Å²) in [5, 5.41) is 1.69. The Kier molecular flexibility index (Phi) is 14.7. The van der Waals surface area contributed by atoms with E-state index in [9.17, 15) is 8.42 Å². The standard InChI is InChI=1S/C34H55N4O2S/c1-4-5-6-7-8-9-10-11-12-13-14-15-16-17-26-37-28-29-38(30-37)27-20-25-35-41(39,40)34-24-19-21-31-32(34)22-18-23-33(31)36(2)3/h18-19,21-24,28-30,35H,4-17,20,25-27H2,1-3H3/q+1. The van der Waals surface area contributed by atoms with Crippen LogP contribution in [0.5, 0.6) is 0 Å². The maximum absolute atomic E-state index is 13.1. The lowest BCUT2D eigenvalue weighted by atomic mass is 10.0. The Bertz CT molecular complexity index is 1250. The van der Waals surface area contributed by atoms with Crippen molar-refractivity contribution in [2.24, 2.45) is 0 Å². The molecule has 1 N–H and O–H groups in total. The van der Waals surface area contributed by atoms with Crippen molar-refractivity contribution in [3.05, 3.63) is 55.1 Å². The minimum Gasteiger partial charge on any atom is -0.377 e. The molecule has 0 atom stereocenters. The number of anilines is 1. The van der Waals surface area contributed by atoms with Crippen LogP contribution in [-0.4, -0.2) is 33.6 Å². The highest BCUT2D eigenvalue weighted by Gasteiger charge is 2.18. The molecule has 0 bridgehead atoms. The summed E-state index contributed by atoms with van der Waals surface area (Å²) >= 11 is 0. The van der Waals surface area contributed by atoms with Gasteiger partial charge in [-0.3, -0.25) is 0 Å². The quantitative estimate of drug-likeness (QED) is 0.0968. The number of rotatable bonds is 22. The third kappa shape index (κ3) is 11.4. The molecule has 0 aliphatic rings. The molecule has 3 rings (SSSR count). The molecule has 41 heavy (non-hydrogen) atoms. The number of nitrogens with zero attached hydrogens (tertiary/aromatic N) is 3. The first-order valence-corrected chi connectivity index (χ1v) is 17.6. The largest absolute Gasteiger partial charge is 0.377 e. The number of unbranched alkanes of at least 4 members (excludes halogenated alkanes) is 13. The van der Waals surface area contributed by atoms with Crippen molar-refractivity contribution in [2.45, 2.75) is 121 Å². The van der Waals surface area contributed by atoms with Gasteiger partial charge in [-0.25, -0.2) is 22.3 Å². The summed E-state index contributed by atoms with van der Waals surface area (Å²) in [5.74, 6) is 0. The summed E-state index contributed by atoms with van der Waals surface area (Å²) in [6.07, 6.45) is 26.4. The van der Waals surface area contributed by atoms with Gasteiger partial charge in [-0.05, 0) is 31.4 Å². The third-order valence-corrected chi connectivity index (χ3v) is 9.55. The molecule has 0 aliphatic heterocycles. The number of nitrogens with one attached hydrogen (secondary N) is 1. The zero-order valence-corrected chi connectivity index (χ0v) is 26.8. The van der Waals surface area contributed by atoms with E-state index in [4.69, 9.17) is 0 Å². The predicted octanol–water partition coefficient (Wildman–Crippen LogP) is 7.84. The molecular formula is C34H55N4O2S+. The number of benzene rings is 2. The van der Waals surface area contributed by atoms with Crippen LogP contribution in [0.2, 0.25) is 0 Å². The molecule has 0 amide bonds. The first-order chi connectivity index (χ1) is 19.9. The number of aryl methyl sites for hydroxylation is 2. The monoisotopic (exact) mass is 583 g/mol. The summed E-state index contributed by atoms with van der Waals surface area (Å²) in [5.41, 5.74) is 1.01. The van der Waals surface area contributed by atoms with Gasteiger partial charge in [0.25, 0.3) is 0 Å². The Hall–Kier alpha value is -2.38. The van der Waals surface area contributed by atoms with Crippen LogP contribution in [0.25, 0.3) is 10.8 Å². The summed E-state index contributed by atoms with van der Waals surface area (Å²) in [4.78, 5) is 2.35. The molecule has 0 unspecified atom stereocenters. The average Bonchev–Trinajstić information content (AvgIpc) is 3.42. The zero-order valence-electron chi connectivity index (χ0n) is 26.0. The summed E-state index contributed by atoms with van der Waals surface area (Å²) in [7, 11) is 0.349. The van der Waals surface area contributed by atoms with Gasteiger partial charge in [0.2, 0.25) is 16.4 Å². The van der Waals surface area contributed by atoms with Gasteiger partial charge in [-0.2, -0.15) is 0 Å². The van der Waals surface area contributed by atoms with E-state index in [-0.39, 0.29) is 0 Å². The molecule has 0 fully saturated rings. The van der Waals surface area contributed by atoms with E-state index in [1.54, 1.807) is 6.07 Å². The Morgan fingerprint density at radius 1 is 0.756 bits per heavy atom. The van der Waals surface area contributed by atoms with Crippen LogP contribution >= 0.6 is 0 Å². The number of fused-ring (bicyclic) bond motifs is 1. The molecule has 0 saturated heterocycles. The van der Waals surface area contributed by atoms with E-state index >= 15 is 0 Å². The lowest BCUT2D eigenvalue weighted by Crippen LogP contribution is -2.34. The van der Waals surface area contributed by atoms with E-state index in [1.165, 1.54) is 89.9 Å². The van der Waals surface area contributed by atoms with Crippen molar-refractivity contribution in [3.8, 4) is 0 Å². The molecule has 0 aliphatic carbocycles. The van der Waals surface area contributed by atoms with Gasteiger partial charge >= 0.3 is 0 Å². The molecule has 2 aromatic carbocycles. The fraction of sp³-hybridized carbons (Fsp3) is 0.618. The van der Waals surface area contributed by atoms with E-state index in [2.05, 4.69) is 39.5 Å². The van der Waals surface area contributed by atoms with E-state index in [1.807, 2.05) is 49.3 Å². The molecule has 228 valence electrons. The van der Waals surface area contributed by atoms with Crippen LogP contribution in [0.3, 0.4) is 0 Å². The summed E-state index contributed by atoms with van der Waals surface area (Å²) in [6.45, 7) is 4.52. The van der Waals surface area contributed by atoms with Gasteiger partial charge in [0, 0.05) is 37.1 Å². The average molecular weight is 584 g/mol. The number of imidazole rings is 1. The minimum atomic E-state index is -3.59. The zero-order chi connectivity index (χ0) is 29.3. The van der Waals surface area contributed by atoms with E-state index in [0.717, 1.165) is 36.0 Å². The van der Waals surface area contributed by atoms with E-state index in [0.29, 0.717) is 11.4 Å². The molecular weight excluding hydrogens is 528 g/mol. The topological polar surface area (TPSA) is 58.2 Å². The Morgan fingerprint density at radius 2 is 1.34 bits per heavy atom. The van der Waals surface area contributed by atoms with Gasteiger partial charge in [0.15, 0.2) is 0 Å². The fourth-order valence-corrected chi connectivity index (χ4v) is 6.92. The van der Waals surface area contributed by atoms with Crippen LogP contribution in [0.1, 0.15) is 103 Å². The molecule has 0 spiro atoms. The lowest BCUT2D eigenvalue weighted by molar-refractivity contribution is -0.696. The Labute approximate surface area is 250 Å². The summed E-state index contributed by atoms with van der Waals surface area (Å²) < 4.78 is 33.5. The molecule has 1 aromatic heterocycles. The van der Waals surface area contributed by atoms with Crippen LogP contribution in [-0.2, 0) is 23.1 Å². The number of sulfonamides is 1. The first kappa shape index (κ1) is 33.1. The maximum atomic E-state index is 13.1. The van der Waals surface area contributed by atoms with Gasteiger partial charge in [0.1, 0.15) is 12.4 Å². The van der Waals surface area contributed by atoms with Gasteiger partial charge < -0.3 is 4.90 Å². The fourth-order valence-electron chi connectivity index (χ4n) is 5.63. The molecule has 0 radical (unpaired) electrons. The van der Waals surface area contributed by atoms with Crippen molar-refractivity contribution in [3.63, 3.8) is 0 Å². The van der Waals surface area contributed by atoms with Crippen LogP contribution in [0.15, 0.2) is 60.0 Å². The Morgan fingerprint density at radius 3 is 1.98 bits per heavy atom. The van der Waals surface area contributed by atoms with Crippen molar-refractivity contribution in [1.82, 2.24) is 9.29 Å². The van der Waals surface area contributed by atoms with Crippen LogP contribution < -0.4 is 14.2 Å². The van der Waals surface area contributed by atoms with Crippen molar-refractivity contribution < 1.29 is 13.0 Å². The Balaban J connectivity index is 1.27. The smallest absolute Gasteiger partial charge is 0.243 e.